The molecule has 2 fully saturated rings. The fourth-order valence-electron chi connectivity index (χ4n) is 3.91. The molecule has 1 aromatic rings. The fourth-order valence-corrected chi connectivity index (χ4v) is 3.91. The standard InChI is InChI=1S/C19H24N2O4/c22-16(23)8-7-14-5-4-6-15(11-14)20-17(24)18(25)21-12-19(13-21)9-2-1-3-10-19/h4-6,11H,1-3,7-10,12-13H2,(H,20,24)(H,22,23). The maximum absolute atomic E-state index is 12.3. The third-order valence-electron chi connectivity index (χ3n) is 5.26. The Balaban J connectivity index is 1.53. The van der Waals surface area contributed by atoms with E-state index in [9.17, 15) is 14.4 Å². The first-order valence-electron chi connectivity index (χ1n) is 8.88. The van der Waals surface area contributed by atoms with Crippen LogP contribution in [0.4, 0.5) is 5.69 Å². The zero-order chi connectivity index (χ0) is 17.9. The monoisotopic (exact) mass is 344 g/mol. The second-order valence-corrected chi connectivity index (χ2v) is 7.27. The molecule has 3 rings (SSSR count). The largest absolute Gasteiger partial charge is 0.481 e. The van der Waals surface area contributed by atoms with E-state index in [4.69, 9.17) is 5.11 Å². The number of hydrogen-bond donors (Lipinski definition) is 2. The van der Waals surface area contributed by atoms with Crippen LogP contribution >= 0.6 is 0 Å². The van der Waals surface area contributed by atoms with Gasteiger partial charge in [0.1, 0.15) is 0 Å². The summed E-state index contributed by atoms with van der Waals surface area (Å²) in [5, 5.41) is 11.4. The second kappa shape index (κ2) is 7.25. The highest BCUT2D eigenvalue weighted by atomic mass is 16.4. The molecule has 2 amide bonds. The van der Waals surface area contributed by atoms with Crippen LogP contribution in [0.25, 0.3) is 0 Å². The summed E-state index contributed by atoms with van der Waals surface area (Å²) in [6, 6.07) is 6.97. The molecule has 0 aromatic heterocycles. The van der Waals surface area contributed by atoms with Crippen LogP contribution in [0.3, 0.4) is 0 Å². The van der Waals surface area contributed by atoms with Crippen molar-refractivity contribution in [2.24, 2.45) is 5.41 Å². The predicted molar refractivity (Wildman–Crippen MR) is 93.1 cm³/mol. The Kier molecular flexibility index (Phi) is 5.06. The molecular formula is C19H24N2O4. The van der Waals surface area contributed by atoms with Crippen molar-refractivity contribution in [3.63, 3.8) is 0 Å². The van der Waals surface area contributed by atoms with Crippen LogP contribution in [0.2, 0.25) is 0 Å². The average molecular weight is 344 g/mol. The molecule has 1 aromatic carbocycles. The number of carboxylic acid groups (broad SMARTS) is 1. The molecule has 1 heterocycles. The zero-order valence-electron chi connectivity index (χ0n) is 14.3. The van der Waals surface area contributed by atoms with Gasteiger partial charge < -0.3 is 15.3 Å². The molecule has 1 spiro atoms. The fraction of sp³-hybridized carbons (Fsp3) is 0.526. The summed E-state index contributed by atoms with van der Waals surface area (Å²) in [6.45, 7) is 1.38. The Labute approximate surface area is 147 Å². The number of hydrogen-bond acceptors (Lipinski definition) is 3. The number of carbonyl (C=O) groups is 3. The lowest BCUT2D eigenvalue weighted by molar-refractivity contribution is -0.153. The van der Waals surface area contributed by atoms with Gasteiger partial charge in [0.2, 0.25) is 0 Å². The molecule has 1 saturated heterocycles. The van der Waals surface area contributed by atoms with Crippen molar-refractivity contribution >= 4 is 23.5 Å². The number of amides is 2. The minimum atomic E-state index is -0.862. The Morgan fingerprint density at radius 2 is 1.84 bits per heavy atom. The first-order chi connectivity index (χ1) is 12.0. The van der Waals surface area contributed by atoms with E-state index in [0.29, 0.717) is 25.2 Å². The number of carbonyl (C=O) groups excluding carboxylic acids is 2. The topological polar surface area (TPSA) is 86.7 Å². The third kappa shape index (κ3) is 4.18. The number of carboxylic acids is 1. The van der Waals surface area contributed by atoms with Gasteiger partial charge in [-0.2, -0.15) is 0 Å². The van der Waals surface area contributed by atoms with Gasteiger partial charge in [0, 0.05) is 30.6 Å². The predicted octanol–water partition coefficient (Wildman–Crippen LogP) is 2.44. The van der Waals surface area contributed by atoms with Crippen LogP contribution in [0.1, 0.15) is 44.1 Å². The van der Waals surface area contributed by atoms with E-state index in [-0.39, 0.29) is 11.8 Å². The number of nitrogens with zero attached hydrogens (tertiary/aromatic N) is 1. The maximum atomic E-state index is 12.3. The Hall–Kier alpha value is -2.37. The van der Waals surface area contributed by atoms with Crippen molar-refractivity contribution in [3.8, 4) is 0 Å². The number of likely N-dealkylation sites (tertiary alicyclic amines) is 1. The van der Waals surface area contributed by atoms with Gasteiger partial charge in [-0.1, -0.05) is 31.4 Å². The average Bonchev–Trinajstić information content (AvgIpc) is 2.58. The highest BCUT2D eigenvalue weighted by Crippen LogP contribution is 2.43. The molecule has 25 heavy (non-hydrogen) atoms. The molecule has 0 radical (unpaired) electrons. The van der Waals surface area contributed by atoms with Crippen molar-refractivity contribution in [1.82, 2.24) is 4.90 Å². The van der Waals surface area contributed by atoms with Crippen molar-refractivity contribution in [1.29, 1.82) is 0 Å². The molecule has 2 aliphatic rings. The van der Waals surface area contributed by atoms with Crippen molar-refractivity contribution in [3.05, 3.63) is 29.8 Å². The van der Waals surface area contributed by atoms with Crippen LogP contribution in [0.15, 0.2) is 24.3 Å². The SMILES string of the molecule is O=C(O)CCc1cccc(NC(=O)C(=O)N2CC3(CCCCC3)C2)c1. The van der Waals surface area contributed by atoms with Crippen LogP contribution in [-0.2, 0) is 20.8 Å². The molecule has 1 aliphatic heterocycles. The molecule has 0 unspecified atom stereocenters. The summed E-state index contributed by atoms with van der Waals surface area (Å²) in [6.07, 6.45) is 6.45. The minimum absolute atomic E-state index is 0.0339. The highest BCUT2D eigenvalue weighted by Gasteiger charge is 2.46. The van der Waals surface area contributed by atoms with Crippen molar-refractivity contribution in [2.75, 3.05) is 18.4 Å². The molecule has 6 heteroatoms. The molecule has 2 N–H and O–H groups in total. The van der Waals surface area contributed by atoms with Gasteiger partial charge in [0.05, 0.1) is 0 Å². The number of anilines is 1. The van der Waals surface area contributed by atoms with E-state index < -0.39 is 17.8 Å². The molecule has 0 atom stereocenters. The number of benzene rings is 1. The minimum Gasteiger partial charge on any atom is -0.481 e. The normalized spacial score (nSPS) is 18.5. The Bertz CT molecular complexity index is 672. The van der Waals surface area contributed by atoms with Gasteiger partial charge in [-0.05, 0) is 37.0 Å². The third-order valence-corrected chi connectivity index (χ3v) is 5.26. The van der Waals surface area contributed by atoms with E-state index in [0.717, 1.165) is 18.4 Å². The van der Waals surface area contributed by atoms with Crippen LogP contribution in [0.5, 0.6) is 0 Å². The summed E-state index contributed by atoms with van der Waals surface area (Å²) in [5.74, 6) is -1.97. The van der Waals surface area contributed by atoms with E-state index in [2.05, 4.69) is 5.32 Å². The van der Waals surface area contributed by atoms with E-state index >= 15 is 0 Å². The molecule has 1 saturated carbocycles. The summed E-state index contributed by atoms with van der Waals surface area (Å²) in [5.41, 5.74) is 1.59. The molecular weight excluding hydrogens is 320 g/mol. The van der Waals surface area contributed by atoms with E-state index in [1.807, 2.05) is 6.07 Å². The number of aryl methyl sites for hydroxylation is 1. The van der Waals surface area contributed by atoms with Crippen LogP contribution < -0.4 is 5.32 Å². The first kappa shape index (κ1) is 17.5. The Morgan fingerprint density at radius 1 is 1.12 bits per heavy atom. The van der Waals surface area contributed by atoms with Gasteiger partial charge in [0.15, 0.2) is 0 Å². The lowest BCUT2D eigenvalue weighted by Crippen LogP contribution is -2.61. The van der Waals surface area contributed by atoms with Gasteiger partial charge in [-0.25, -0.2) is 0 Å². The van der Waals surface area contributed by atoms with E-state index in [1.165, 1.54) is 19.3 Å². The van der Waals surface area contributed by atoms with Crippen molar-refractivity contribution in [2.45, 2.75) is 44.9 Å². The summed E-state index contributed by atoms with van der Waals surface area (Å²) >= 11 is 0. The van der Waals surface area contributed by atoms with Crippen LogP contribution in [-0.4, -0.2) is 40.9 Å². The lowest BCUT2D eigenvalue weighted by atomic mass is 9.68. The van der Waals surface area contributed by atoms with Gasteiger partial charge >= 0.3 is 17.8 Å². The van der Waals surface area contributed by atoms with Crippen molar-refractivity contribution < 1.29 is 19.5 Å². The summed E-state index contributed by atoms with van der Waals surface area (Å²) in [4.78, 5) is 36.8. The number of rotatable bonds is 4. The number of nitrogens with one attached hydrogen (secondary N) is 1. The summed E-state index contributed by atoms with van der Waals surface area (Å²) < 4.78 is 0. The molecule has 6 nitrogen and oxygen atoms in total. The lowest BCUT2D eigenvalue weighted by Gasteiger charge is -2.52. The Morgan fingerprint density at radius 3 is 2.52 bits per heavy atom. The highest BCUT2D eigenvalue weighted by molar-refractivity contribution is 6.39. The smallest absolute Gasteiger partial charge is 0.313 e. The maximum Gasteiger partial charge on any atom is 0.313 e. The molecule has 0 bridgehead atoms. The summed E-state index contributed by atoms with van der Waals surface area (Å²) in [7, 11) is 0. The van der Waals surface area contributed by atoms with Crippen LogP contribution in [0, 0.1) is 5.41 Å². The van der Waals surface area contributed by atoms with Gasteiger partial charge in [-0.15, -0.1) is 0 Å². The molecule has 1 aliphatic carbocycles. The quantitative estimate of drug-likeness (QED) is 0.821. The second-order valence-electron chi connectivity index (χ2n) is 7.27. The van der Waals surface area contributed by atoms with Gasteiger partial charge in [-0.3, -0.25) is 14.4 Å². The van der Waals surface area contributed by atoms with E-state index in [1.54, 1.807) is 23.1 Å². The number of aliphatic carboxylic acids is 1. The van der Waals surface area contributed by atoms with Gasteiger partial charge in [0.25, 0.3) is 0 Å². The zero-order valence-corrected chi connectivity index (χ0v) is 14.3. The molecule has 134 valence electrons. The first-order valence-corrected chi connectivity index (χ1v) is 8.88.